The third-order valence-electron chi connectivity index (χ3n) is 5.62. The Hall–Kier alpha value is -2.92. The highest BCUT2D eigenvalue weighted by molar-refractivity contribution is 6.06. The van der Waals surface area contributed by atoms with E-state index in [0.717, 1.165) is 6.54 Å². The van der Waals surface area contributed by atoms with Gasteiger partial charge in [-0.15, -0.1) is 0 Å². The van der Waals surface area contributed by atoms with Crippen LogP contribution in [-0.2, 0) is 14.2 Å². The van der Waals surface area contributed by atoms with Gasteiger partial charge in [-0.3, -0.25) is 9.36 Å². The van der Waals surface area contributed by atoms with Crippen LogP contribution in [0.15, 0.2) is 43.0 Å². The zero-order valence-corrected chi connectivity index (χ0v) is 18.2. The Morgan fingerprint density at radius 1 is 1.12 bits per heavy atom. The molecule has 4 atom stereocenters. The van der Waals surface area contributed by atoms with Crippen molar-refractivity contribution in [3.8, 4) is 0 Å². The predicted molar refractivity (Wildman–Crippen MR) is 116 cm³/mol. The fourth-order valence-corrected chi connectivity index (χ4v) is 4.23. The Morgan fingerprint density at radius 3 is 2.69 bits per heavy atom. The van der Waals surface area contributed by atoms with E-state index in [2.05, 4.69) is 25.6 Å². The van der Waals surface area contributed by atoms with Crippen LogP contribution in [0.3, 0.4) is 0 Å². The van der Waals surface area contributed by atoms with Crippen molar-refractivity contribution in [1.29, 1.82) is 0 Å². The molecule has 2 aliphatic rings. The lowest BCUT2D eigenvalue weighted by molar-refractivity contribution is -0.195. The van der Waals surface area contributed by atoms with E-state index in [1.807, 2.05) is 43.5 Å². The van der Waals surface area contributed by atoms with Gasteiger partial charge in [0.1, 0.15) is 24.6 Å². The van der Waals surface area contributed by atoms with E-state index < -0.39 is 12.0 Å². The maximum Gasteiger partial charge on any atom is 0.256 e. The molecule has 2 aliphatic heterocycles. The van der Waals surface area contributed by atoms with Gasteiger partial charge in [-0.2, -0.15) is 0 Å². The van der Waals surface area contributed by atoms with Gasteiger partial charge in [-0.1, -0.05) is 25.1 Å². The number of nitrogens with one attached hydrogen (secondary N) is 2. The molecule has 2 unspecified atom stereocenters. The Kier molecular flexibility index (Phi) is 5.38. The highest BCUT2D eigenvalue weighted by Crippen LogP contribution is 2.43. The average molecular weight is 438 g/mol. The number of fused-ring (bicyclic) bond motifs is 2. The van der Waals surface area contributed by atoms with Crippen molar-refractivity contribution < 1.29 is 19.0 Å². The Balaban J connectivity index is 1.45. The number of carbonyl (C=O) groups excluding carboxylic acids is 1. The van der Waals surface area contributed by atoms with Gasteiger partial charge in [-0.05, 0) is 32.5 Å². The number of likely N-dealkylation sites (N-methyl/N-ethyl adjacent to an activating group) is 1. The molecule has 2 aromatic heterocycles. The molecule has 0 radical (unpaired) electrons. The second-order valence-corrected chi connectivity index (χ2v) is 8.30. The second-order valence-electron chi connectivity index (χ2n) is 8.30. The van der Waals surface area contributed by atoms with E-state index in [-0.39, 0.29) is 24.2 Å². The number of amides is 1. The lowest BCUT2D eigenvalue weighted by Gasteiger charge is -2.24. The van der Waals surface area contributed by atoms with Crippen LogP contribution in [0.2, 0.25) is 0 Å². The van der Waals surface area contributed by atoms with Gasteiger partial charge < -0.3 is 24.8 Å². The number of hydrogen-bond acceptors (Lipinski definition) is 8. The minimum absolute atomic E-state index is 0.178. The minimum Gasteiger partial charge on any atom is -0.348 e. The van der Waals surface area contributed by atoms with Gasteiger partial charge >= 0.3 is 0 Å². The molecule has 2 fully saturated rings. The first-order valence-corrected chi connectivity index (χ1v) is 10.7. The number of rotatable bonds is 6. The number of nitrogens with zero attached hydrogens (tertiary/aromatic N) is 4. The number of imidazole rings is 1. The number of benzene rings is 1. The molecule has 4 heterocycles. The van der Waals surface area contributed by atoms with Crippen molar-refractivity contribution in [2.75, 3.05) is 18.4 Å². The Bertz CT molecular complexity index is 1120. The smallest absolute Gasteiger partial charge is 0.256 e. The summed E-state index contributed by atoms with van der Waals surface area (Å²) in [4.78, 5) is 25.7. The number of ether oxygens (including phenoxy) is 3. The third-order valence-corrected chi connectivity index (χ3v) is 5.62. The summed E-state index contributed by atoms with van der Waals surface area (Å²) in [7, 11) is 0. The van der Waals surface area contributed by atoms with Crippen molar-refractivity contribution in [1.82, 2.24) is 24.8 Å². The molecular formula is C22H26N6O4. The molecular weight excluding hydrogens is 412 g/mol. The SMILES string of the molecule is CCNCC1O[C@@H](n2cnc3c(NC(=O)c4ccccc4)ncnc32)C2OC(C)(C)O[C@H]12. The first-order chi connectivity index (χ1) is 15.5. The van der Waals surface area contributed by atoms with Crippen LogP contribution in [0, 0.1) is 0 Å². The lowest BCUT2D eigenvalue weighted by Crippen LogP contribution is -2.37. The zero-order valence-electron chi connectivity index (χ0n) is 18.2. The van der Waals surface area contributed by atoms with Crippen molar-refractivity contribution >= 4 is 22.9 Å². The van der Waals surface area contributed by atoms with Gasteiger partial charge in [0.25, 0.3) is 5.91 Å². The van der Waals surface area contributed by atoms with Crippen LogP contribution in [0.1, 0.15) is 37.4 Å². The fourth-order valence-electron chi connectivity index (χ4n) is 4.23. The highest BCUT2D eigenvalue weighted by atomic mass is 16.8. The van der Waals surface area contributed by atoms with Gasteiger partial charge in [0.05, 0.1) is 6.33 Å². The quantitative estimate of drug-likeness (QED) is 0.602. The monoisotopic (exact) mass is 438 g/mol. The zero-order chi connectivity index (χ0) is 22.3. The summed E-state index contributed by atoms with van der Waals surface area (Å²) in [5, 5.41) is 6.15. The average Bonchev–Trinajstić information content (AvgIpc) is 3.44. The maximum atomic E-state index is 12.6. The summed E-state index contributed by atoms with van der Waals surface area (Å²) in [5.41, 5.74) is 1.56. The lowest BCUT2D eigenvalue weighted by atomic mass is 10.1. The molecule has 0 bridgehead atoms. The number of aromatic nitrogens is 4. The molecule has 2 N–H and O–H groups in total. The van der Waals surface area contributed by atoms with Crippen LogP contribution < -0.4 is 10.6 Å². The molecule has 3 aromatic rings. The van der Waals surface area contributed by atoms with Crippen LogP contribution >= 0.6 is 0 Å². The van der Waals surface area contributed by atoms with Crippen LogP contribution in [-0.4, -0.2) is 62.6 Å². The minimum atomic E-state index is -0.706. The van der Waals surface area contributed by atoms with Gasteiger partial charge in [0.2, 0.25) is 0 Å². The molecule has 5 rings (SSSR count). The van der Waals surface area contributed by atoms with E-state index in [0.29, 0.717) is 29.1 Å². The molecule has 0 aliphatic carbocycles. The summed E-state index contributed by atoms with van der Waals surface area (Å²) < 4.78 is 20.5. The van der Waals surface area contributed by atoms with E-state index in [9.17, 15) is 4.79 Å². The summed E-state index contributed by atoms with van der Waals surface area (Å²) in [6.45, 7) is 7.33. The molecule has 0 spiro atoms. The Labute approximate surface area is 185 Å². The largest absolute Gasteiger partial charge is 0.348 e. The number of anilines is 1. The summed E-state index contributed by atoms with van der Waals surface area (Å²) >= 11 is 0. The van der Waals surface area contributed by atoms with Crippen LogP contribution in [0.4, 0.5) is 5.82 Å². The molecule has 0 saturated carbocycles. The summed E-state index contributed by atoms with van der Waals surface area (Å²) in [6.07, 6.45) is 1.86. The maximum absolute atomic E-state index is 12.6. The Morgan fingerprint density at radius 2 is 1.91 bits per heavy atom. The van der Waals surface area contributed by atoms with E-state index in [1.165, 1.54) is 6.33 Å². The van der Waals surface area contributed by atoms with E-state index >= 15 is 0 Å². The van der Waals surface area contributed by atoms with Crippen LogP contribution in [0.5, 0.6) is 0 Å². The number of hydrogen-bond donors (Lipinski definition) is 2. The third kappa shape index (κ3) is 3.75. The first kappa shape index (κ1) is 21.0. The molecule has 10 nitrogen and oxygen atoms in total. The normalized spacial score (nSPS) is 26.3. The molecule has 32 heavy (non-hydrogen) atoms. The van der Waals surface area contributed by atoms with Crippen LogP contribution in [0.25, 0.3) is 11.2 Å². The highest BCUT2D eigenvalue weighted by Gasteiger charge is 2.55. The molecule has 2 saturated heterocycles. The molecule has 1 aromatic carbocycles. The van der Waals surface area contributed by atoms with Crippen molar-refractivity contribution in [3.63, 3.8) is 0 Å². The summed E-state index contributed by atoms with van der Waals surface area (Å²) in [5.74, 6) is -0.635. The van der Waals surface area contributed by atoms with E-state index in [1.54, 1.807) is 18.5 Å². The van der Waals surface area contributed by atoms with Gasteiger partial charge in [0.15, 0.2) is 29.0 Å². The van der Waals surface area contributed by atoms with E-state index in [4.69, 9.17) is 14.2 Å². The topological polar surface area (TPSA) is 112 Å². The van der Waals surface area contributed by atoms with Crippen molar-refractivity contribution in [2.24, 2.45) is 0 Å². The van der Waals surface area contributed by atoms with Crippen molar-refractivity contribution in [2.45, 2.75) is 51.1 Å². The predicted octanol–water partition coefficient (Wildman–Crippen LogP) is 2.11. The summed E-state index contributed by atoms with van der Waals surface area (Å²) in [6, 6.07) is 8.95. The molecule has 168 valence electrons. The standard InChI is InChI=1S/C22H26N6O4/c1-4-23-10-14-16-17(32-22(2,3)31-16)21(30-14)28-12-26-15-18(24-11-25-19(15)28)27-20(29)13-8-6-5-7-9-13/h5-9,11-12,14,16-17,21,23H,4,10H2,1-3H3,(H,24,25,27,29)/t14?,16-,17?,21-/m1/s1. The molecule has 10 heteroatoms. The molecule has 1 amide bonds. The van der Waals surface area contributed by atoms with Gasteiger partial charge in [-0.25, -0.2) is 15.0 Å². The second kappa shape index (κ2) is 8.21. The van der Waals surface area contributed by atoms with Crippen molar-refractivity contribution in [3.05, 3.63) is 48.5 Å². The van der Waals surface area contributed by atoms with Gasteiger partial charge in [0, 0.05) is 12.1 Å². The fraction of sp³-hybridized carbons (Fsp3) is 0.455. The number of carbonyl (C=O) groups is 1. The first-order valence-electron chi connectivity index (χ1n) is 10.7.